The van der Waals surface area contributed by atoms with Crippen LogP contribution in [0.25, 0.3) is 0 Å². The standard InChI is InChI=1S/C20H38N2.2HI/c1-7-21(8-2,9-3)18-17-19-13-15-20(16-14-19)22(10-4,11-5)12-6;;/h13-16H,7-12,17-18H2,1-6H3;2*1H/q+2;;/p-2. The van der Waals surface area contributed by atoms with E-state index in [0.29, 0.717) is 0 Å². The fraction of sp³-hybridized carbons (Fsp3) is 0.700. The van der Waals surface area contributed by atoms with Crippen molar-refractivity contribution in [1.82, 2.24) is 4.48 Å². The highest BCUT2D eigenvalue weighted by Crippen LogP contribution is 2.23. The van der Waals surface area contributed by atoms with Crippen molar-refractivity contribution in [3.05, 3.63) is 29.8 Å². The van der Waals surface area contributed by atoms with E-state index in [1.165, 1.54) is 68.0 Å². The average Bonchev–Trinajstić information content (AvgIpc) is 2.60. The van der Waals surface area contributed by atoms with Gasteiger partial charge in [-0.1, -0.05) is 12.1 Å². The molecule has 0 N–H and O–H groups in total. The number of quaternary nitrogens is 2. The molecule has 142 valence electrons. The number of rotatable bonds is 10. The molecule has 0 amide bonds. The minimum atomic E-state index is 0. The topological polar surface area (TPSA) is 0 Å². The Morgan fingerprint density at radius 1 is 0.625 bits per heavy atom. The minimum Gasteiger partial charge on any atom is -1.00 e. The van der Waals surface area contributed by atoms with Gasteiger partial charge in [-0.2, -0.15) is 0 Å². The second-order valence-corrected chi connectivity index (χ2v) is 6.52. The Morgan fingerprint density at radius 3 is 1.38 bits per heavy atom. The van der Waals surface area contributed by atoms with Crippen molar-refractivity contribution in [1.29, 1.82) is 0 Å². The van der Waals surface area contributed by atoms with E-state index in [1.807, 2.05) is 0 Å². The smallest absolute Gasteiger partial charge is 0.132 e. The molecule has 0 bridgehead atoms. The van der Waals surface area contributed by atoms with Gasteiger partial charge in [-0.05, 0) is 59.2 Å². The van der Waals surface area contributed by atoms with Crippen LogP contribution in [0.5, 0.6) is 0 Å². The van der Waals surface area contributed by atoms with Crippen molar-refractivity contribution in [3.8, 4) is 0 Å². The highest BCUT2D eigenvalue weighted by atomic mass is 127. The van der Waals surface area contributed by atoms with E-state index < -0.39 is 0 Å². The van der Waals surface area contributed by atoms with Crippen LogP contribution in [0, 0.1) is 0 Å². The van der Waals surface area contributed by atoms with Gasteiger partial charge < -0.3 is 52.4 Å². The van der Waals surface area contributed by atoms with E-state index in [0.717, 1.165) is 4.48 Å². The lowest BCUT2D eigenvalue weighted by molar-refractivity contribution is -0.923. The normalized spacial score (nSPS) is 11.6. The second kappa shape index (κ2) is 12.9. The van der Waals surface area contributed by atoms with Gasteiger partial charge in [-0.25, -0.2) is 0 Å². The molecule has 0 aliphatic rings. The van der Waals surface area contributed by atoms with E-state index in [1.54, 1.807) is 0 Å². The van der Waals surface area contributed by atoms with Gasteiger partial charge >= 0.3 is 0 Å². The molecule has 1 aromatic carbocycles. The zero-order chi connectivity index (χ0) is 16.6. The number of hydrogen-bond acceptors (Lipinski definition) is 0. The van der Waals surface area contributed by atoms with Crippen LogP contribution in [0.3, 0.4) is 0 Å². The summed E-state index contributed by atoms with van der Waals surface area (Å²) in [7, 11) is 0. The SMILES string of the molecule is CC[N+](CC)(CC)CCc1ccc([N+](CC)(CC)CC)cc1.[I-].[I-]. The number of hydrogen-bond donors (Lipinski definition) is 0. The van der Waals surface area contributed by atoms with Crippen LogP contribution < -0.4 is 52.4 Å². The van der Waals surface area contributed by atoms with E-state index in [9.17, 15) is 0 Å². The van der Waals surface area contributed by atoms with Gasteiger partial charge in [0, 0.05) is 6.42 Å². The van der Waals surface area contributed by atoms with Gasteiger partial charge in [0.1, 0.15) is 5.69 Å². The van der Waals surface area contributed by atoms with Crippen LogP contribution in [-0.4, -0.2) is 50.3 Å². The van der Waals surface area contributed by atoms with E-state index in [2.05, 4.69) is 65.8 Å². The summed E-state index contributed by atoms with van der Waals surface area (Å²) in [6, 6.07) is 9.45. The summed E-state index contributed by atoms with van der Waals surface area (Å²) < 4.78 is 2.33. The summed E-state index contributed by atoms with van der Waals surface area (Å²) in [4.78, 5) is 0. The molecule has 0 saturated heterocycles. The van der Waals surface area contributed by atoms with Crippen molar-refractivity contribution < 1.29 is 52.4 Å². The lowest BCUT2D eigenvalue weighted by atomic mass is 10.1. The Morgan fingerprint density at radius 2 is 1.04 bits per heavy atom. The van der Waals surface area contributed by atoms with Crippen molar-refractivity contribution >= 4 is 5.69 Å². The quantitative estimate of drug-likeness (QED) is 0.241. The molecule has 0 fully saturated rings. The maximum absolute atomic E-state index is 2.37. The predicted octanol–water partition coefficient (Wildman–Crippen LogP) is -1.52. The zero-order valence-corrected chi connectivity index (χ0v) is 20.9. The van der Waals surface area contributed by atoms with Crippen LogP contribution in [0.1, 0.15) is 47.1 Å². The highest BCUT2D eigenvalue weighted by molar-refractivity contribution is 5.44. The van der Waals surface area contributed by atoms with Crippen LogP contribution in [0.4, 0.5) is 5.69 Å². The molecule has 4 heteroatoms. The molecule has 0 aromatic heterocycles. The number of benzene rings is 1. The molecule has 0 aliphatic heterocycles. The molecular weight excluding hydrogens is 522 g/mol. The summed E-state index contributed by atoms with van der Waals surface area (Å²) in [6.45, 7) is 22.4. The van der Waals surface area contributed by atoms with Crippen molar-refractivity contribution in [3.63, 3.8) is 0 Å². The minimum absolute atomic E-state index is 0. The maximum atomic E-state index is 2.37. The molecule has 0 heterocycles. The fourth-order valence-electron chi connectivity index (χ4n) is 3.71. The number of halogens is 2. The van der Waals surface area contributed by atoms with Gasteiger partial charge in [-0.15, -0.1) is 0 Å². The monoisotopic (exact) mass is 560 g/mol. The fourth-order valence-corrected chi connectivity index (χ4v) is 3.71. The Hall–Kier alpha value is 0.600. The second-order valence-electron chi connectivity index (χ2n) is 6.52. The Kier molecular flexibility index (Phi) is 14.4. The number of nitrogens with zero attached hydrogens (tertiary/aromatic N) is 2. The lowest BCUT2D eigenvalue weighted by Gasteiger charge is -2.36. The average molecular weight is 560 g/mol. The third-order valence-corrected chi connectivity index (χ3v) is 6.19. The lowest BCUT2D eigenvalue weighted by Crippen LogP contribution is -3.00. The molecule has 0 saturated carbocycles. The van der Waals surface area contributed by atoms with E-state index in [-0.39, 0.29) is 48.0 Å². The largest absolute Gasteiger partial charge is 1.00 e. The van der Waals surface area contributed by atoms with Crippen LogP contribution in [0.2, 0.25) is 0 Å². The van der Waals surface area contributed by atoms with Gasteiger partial charge in [0.05, 0.1) is 45.8 Å². The molecular formula is C20H38I2N2. The molecule has 2 nitrogen and oxygen atoms in total. The molecule has 0 aliphatic carbocycles. The first-order valence-electron chi connectivity index (χ1n) is 9.35. The van der Waals surface area contributed by atoms with E-state index in [4.69, 9.17) is 0 Å². The summed E-state index contributed by atoms with van der Waals surface area (Å²) in [5, 5.41) is 0. The molecule has 0 unspecified atom stereocenters. The zero-order valence-electron chi connectivity index (χ0n) is 16.6. The van der Waals surface area contributed by atoms with Gasteiger partial charge in [0.25, 0.3) is 0 Å². The first-order valence-corrected chi connectivity index (χ1v) is 9.35. The predicted molar refractivity (Wildman–Crippen MR) is 100 cm³/mol. The Balaban J connectivity index is 0. The first kappa shape index (κ1) is 26.8. The number of likely N-dealkylation sites (N-methyl/N-ethyl adjacent to an activating group) is 1. The van der Waals surface area contributed by atoms with Crippen LogP contribution in [-0.2, 0) is 6.42 Å². The third-order valence-electron chi connectivity index (χ3n) is 6.19. The highest BCUT2D eigenvalue weighted by Gasteiger charge is 2.24. The van der Waals surface area contributed by atoms with Crippen molar-refractivity contribution in [2.24, 2.45) is 0 Å². The molecule has 0 radical (unpaired) electrons. The summed E-state index contributed by atoms with van der Waals surface area (Å²) in [6.07, 6.45) is 1.19. The molecule has 24 heavy (non-hydrogen) atoms. The van der Waals surface area contributed by atoms with Crippen molar-refractivity contribution in [2.75, 3.05) is 45.8 Å². The van der Waals surface area contributed by atoms with Crippen molar-refractivity contribution in [2.45, 2.75) is 48.0 Å². The summed E-state index contributed by atoms with van der Waals surface area (Å²) in [5.41, 5.74) is 2.96. The third kappa shape index (κ3) is 6.40. The summed E-state index contributed by atoms with van der Waals surface area (Å²) >= 11 is 0. The first-order chi connectivity index (χ1) is 10.5. The van der Waals surface area contributed by atoms with E-state index >= 15 is 0 Å². The van der Waals surface area contributed by atoms with Gasteiger partial charge in [-0.3, -0.25) is 4.48 Å². The molecule has 1 rings (SSSR count). The molecule has 1 aromatic rings. The van der Waals surface area contributed by atoms with Crippen LogP contribution in [0.15, 0.2) is 24.3 Å². The Labute approximate surface area is 185 Å². The summed E-state index contributed by atoms with van der Waals surface area (Å²) in [5.74, 6) is 0. The van der Waals surface area contributed by atoms with Gasteiger partial charge in [0.15, 0.2) is 0 Å². The van der Waals surface area contributed by atoms with Crippen LogP contribution >= 0.6 is 0 Å². The molecule has 0 atom stereocenters. The molecule has 0 spiro atoms. The Bertz CT molecular complexity index is 407. The van der Waals surface area contributed by atoms with Gasteiger partial charge in [0.2, 0.25) is 0 Å². The maximum Gasteiger partial charge on any atom is 0.132 e.